The van der Waals surface area contributed by atoms with Gasteiger partial charge in [-0.3, -0.25) is 0 Å². The Morgan fingerprint density at radius 2 is 1.34 bits per heavy atom. The summed E-state index contributed by atoms with van der Waals surface area (Å²) in [7, 11) is 0. The lowest BCUT2D eigenvalue weighted by Gasteiger charge is -2.30. The molecule has 2 aliphatic carbocycles. The van der Waals surface area contributed by atoms with Gasteiger partial charge in [-0.15, -0.1) is 0 Å². The SMILES string of the molecule is CC1CC(c2ccc(N(C3=CC=CCC3)c3ccccc3)cc2)=Cc2c1c(-c1cccc3ccccc13)cc1ccccc21. The third-order valence-electron chi connectivity index (χ3n) is 9.34. The van der Waals surface area contributed by atoms with E-state index in [0.29, 0.717) is 5.92 Å². The minimum atomic E-state index is 0.392. The number of hydrogen-bond acceptors (Lipinski definition) is 1. The standard InChI is InChI=1S/C43H35N/c1-30-27-34(31-23-25-37(26-24-31)44(35-16-4-2-5-17-35)36-18-6-3-7-19-36)29-41-39-21-11-9-14-33(39)28-42(43(30)41)40-22-12-15-32-13-8-10-20-38(32)40/h2-6,8-18,20-26,28-30H,7,19,27H2,1H3. The van der Waals surface area contributed by atoms with E-state index >= 15 is 0 Å². The Morgan fingerprint density at radius 3 is 2.14 bits per heavy atom. The molecule has 8 rings (SSSR count). The van der Waals surface area contributed by atoms with Crippen molar-refractivity contribution in [2.45, 2.75) is 32.1 Å². The molecule has 0 aromatic heterocycles. The first-order valence-corrected chi connectivity index (χ1v) is 15.8. The summed E-state index contributed by atoms with van der Waals surface area (Å²) in [6.45, 7) is 2.41. The molecule has 0 fully saturated rings. The average molecular weight is 566 g/mol. The molecule has 0 heterocycles. The van der Waals surface area contributed by atoms with Crippen molar-refractivity contribution in [1.29, 1.82) is 0 Å². The lowest BCUT2D eigenvalue weighted by atomic mass is 9.76. The maximum absolute atomic E-state index is 2.48. The molecule has 0 spiro atoms. The van der Waals surface area contributed by atoms with Gasteiger partial charge >= 0.3 is 0 Å². The van der Waals surface area contributed by atoms with Gasteiger partial charge in [0.2, 0.25) is 0 Å². The second-order valence-corrected chi connectivity index (χ2v) is 12.1. The van der Waals surface area contributed by atoms with Crippen molar-refractivity contribution in [3.05, 3.63) is 168 Å². The van der Waals surface area contributed by atoms with E-state index in [2.05, 4.69) is 164 Å². The highest BCUT2D eigenvalue weighted by Gasteiger charge is 2.25. The molecule has 0 radical (unpaired) electrons. The topological polar surface area (TPSA) is 3.24 Å². The number of hydrogen-bond donors (Lipinski definition) is 0. The second kappa shape index (κ2) is 11.2. The van der Waals surface area contributed by atoms with Crippen LogP contribution in [0.1, 0.15) is 48.8 Å². The molecule has 0 N–H and O–H groups in total. The van der Waals surface area contributed by atoms with E-state index in [1.807, 2.05) is 0 Å². The van der Waals surface area contributed by atoms with Crippen molar-refractivity contribution in [2.24, 2.45) is 0 Å². The van der Waals surface area contributed by atoms with Crippen LogP contribution in [0.4, 0.5) is 11.4 Å². The molecule has 0 aliphatic heterocycles. The van der Waals surface area contributed by atoms with Crippen LogP contribution in [0.5, 0.6) is 0 Å². The van der Waals surface area contributed by atoms with Gasteiger partial charge in [-0.1, -0.05) is 122 Å². The van der Waals surface area contributed by atoms with Crippen LogP contribution in [0.2, 0.25) is 0 Å². The molecule has 2 aliphatic rings. The highest BCUT2D eigenvalue weighted by atomic mass is 15.1. The minimum Gasteiger partial charge on any atom is -0.314 e. The summed E-state index contributed by atoms with van der Waals surface area (Å²) in [6.07, 6.45) is 12.3. The zero-order chi connectivity index (χ0) is 29.5. The van der Waals surface area contributed by atoms with Crippen molar-refractivity contribution in [3.8, 4) is 11.1 Å². The Morgan fingerprint density at radius 1 is 0.636 bits per heavy atom. The monoisotopic (exact) mass is 565 g/mol. The van der Waals surface area contributed by atoms with Crippen molar-refractivity contribution >= 4 is 44.6 Å². The normalized spacial score (nSPS) is 16.0. The molecule has 0 amide bonds. The fraction of sp³-hybridized carbons (Fsp3) is 0.116. The Kier molecular flexibility index (Phi) is 6.72. The van der Waals surface area contributed by atoms with E-state index < -0.39 is 0 Å². The van der Waals surface area contributed by atoms with E-state index in [0.717, 1.165) is 19.3 Å². The Bertz CT molecular complexity index is 2090. The van der Waals surface area contributed by atoms with Gasteiger partial charge in [0.05, 0.1) is 0 Å². The molecule has 6 aromatic rings. The third-order valence-corrected chi connectivity index (χ3v) is 9.34. The summed E-state index contributed by atoms with van der Waals surface area (Å²) >= 11 is 0. The molecule has 0 saturated heterocycles. The molecular weight excluding hydrogens is 530 g/mol. The quantitative estimate of drug-likeness (QED) is 0.201. The highest BCUT2D eigenvalue weighted by molar-refractivity contribution is 6.06. The van der Waals surface area contributed by atoms with Gasteiger partial charge in [0.25, 0.3) is 0 Å². The smallest absolute Gasteiger partial charge is 0.0458 e. The predicted molar refractivity (Wildman–Crippen MR) is 189 cm³/mol. The van der Waals surface area contributed by atoms with E-state index in [1.165, 1.54) is 72.0 Å². The van der Waals surface area contributed by atoms with Crippen LogP contribution >= 0.6 is 0 Å². The summed E-state index contributed by atoms with van der Waals surface area (Å²) < 4.78 is 0. The summed E-state index contributed by atoms with van der Waals surface area (Å²) in [4.78, 5) is 2.41. The summed E-state index contributed by atoms with van der Waals surface area (Å²) in [5.41, 5.74) is 12.0. The molecule has 6 aromatic carbocycles. The van der Waals surface area contributed by atoms with Gasteiger partial charge < -0.3 is 4.90 Å². The Labute approximate surface area is 260 Å². The van der Waals surface area contributed by atoms with Gasteiger partial charge in [-0.25, -0.2) is 0 Å². The largest absolute Gasteiger partial charge is 0.314 e. The number of benzene rings is 6. The van der Waals surface area contributed by atoms with Crippen molar-refractivity contribution in [2.75, 3.05) is 4.90 Å². The molecule has 1 nitrogen and oxygen atoms in total. The van der Waals surface area contributed by atoms with Crippen LogP contribution in [0.15, 0.2) is 151 Å². The lowest BCUT2D eigenvalue weighted by Crippen LogP contribution is -2.17. The van der Waals surface area contributed by atoms with Crippen LogP contribution in [0.3, 0.4) is 0 Å². The summed E-state index contributed by atoms with van der Waals surface area (Å²) in [5.74, 6) is 0.392. The molecule has 44 heavy (non-hydrogen) atoms. The van der Waals surface area contributed by atoms with Crippen molar-refractivity contribution in [1.82, 2.24) is 0 Å². The molecular formula is C43H35N. The maximum Gasteiger partial charge on any atom is 0.0458 e. The van der Waals surface area contributed by atoms with Gasteiger partial charge in [-0.05, 0) is 117 Å². The van der Waals surface area contributed by atoms with Crippen molar-refractivity contribution in [3.63, 3.8) is 0 Å². The highest BCUT2D eigenvalue weighted by Crippen LogP contribution is 2.47. The Hall–Kier alpha value is -5.14. The van der Waals surface area contributed by atoms with Gasteiger partial charge in [-0.2, -0.15) is 0 Å². The lowest BCUT2D eigenvalue weighted by molar-refractivity contribution is 0.787. The number of fused-ring (bicyclic) bond motifs is 4. The number of rotatable bonds is 5. The molecule has 0 saturated carbocycles. The van der Waals surface area contributed by atoms with Crippen LogP contribution in [0, 0.1) is 0 Å². The molecule has 0 bridgehead atoms. The van der Waals surface area contributed by atoms with Crippen LogP contribution < -0.4 is 4.90 Å². The van der Waals surface area contributed by atoms with Crippen LogP contribution in [0.25, 0.3) is 44.3 Å². The van der Waals surface area contributed by atoms with E-state index in [4.69, 9.17) is 0 Å². The number of para-hydroxylation sites is 1. The predicted octanol–water partition coefficient (Wildman–Crippen LogP) is 12.1. The fourth-order valence-corrected chi connectivity index (χ4v) is 7.29. The minimum absolute atomic E-state index is 0.392. The molecule has 1 heteroatoms. The maximum atomic E-state index is 2.48. The summed E-state index contributed by atoms with van der Waals surface area (Å²) in [5, 5.41) is 5.23. The van der Waals surface area contributed by atoms with Crippen LogP contribution in [-0.4, -0.2) is 0 Å². The number of nitrogens with zero attached hydrogens (tertiary/aromatic N) is 1. The first kappa shape index (κ1) is 26.5. The molecule has 1 atom stereocenters. The van der Waals surface area contributed by atoms with Gasteiger partial charge in [0, 0.05) is 17.1 Å². The zero-order valence-corrected chi connectivity index (χ0v) is 25.1. The third kappa shape index (κ3) is 4.66. The molecule has 1 unspecified atom stereocenters. The van der Waals surface area contributed by atoms with E-state index in [-0.39, 0.29) is 0 Å². The van der Waals surface area contributed by atoms with Crippen LogP contribution in [-0.2, 0) is 0 Å². The average Bonchev–Trinajstić information content (AvgIpc) is 3.09. The van der Waals surface area contributed by atoms with E-state index in [9.17, 15) is 0 Å². The molecule has 212 valence electrons. The fourth-order valence-electron chi connectivity index (χ4n) is 7.29. The first-order valence-electron chi connectivity index (χ1n) is 15.8. The first-order chi connectivity index (χ1) is 21.7. The Balaban J connectivity index is 1.25. The van der Waals surface area contributed by atoms with E-state index in [1.54, 1.807) is 0 Å². The zero-order valence-electron chi connectivity index (χ0n) is 25.1. The van der Waals surface area contributed by atoms with Gasteiger partial charge in [0.15, 0.2) is 0 Å². The summed E-state index contributed by atoms with van der Waals surface area (Å²) in [6, 6.07) is 46.8. The van der Waals surface area contributed by atoms with Crippen molar-refractivity contribution < 1.29 is 0 Å². The second-order valence-electron chi connectivity index (χ2n) is 12.1. The van der Waals surface area contributed by atoms with Gasteiger partial charge in [0.1, 0.15) is 0 Å². The number of allylic oxidation sites excluding steroid dienone is 5. The number of anilines is 2.